The van der Waals surface area contributed by atoms with Crippen molar-refractivity contribution in [2.24, 2.45) is 0 Å². The minimum absolute atomic E-state index is 0.118. The molecule has 1 aromatic heterocycles. The normalized spacial score (nSPS) is 9.68. The molecule has 94 valence electrons. The minimum atomic E-state index is -0.393. The Hall–Kier alpha value is -2.87. The number of H-pyrrole nitrogens is 1. The highest BCUT2D eigenvalue weighted by molar-refractivity contribution is 6.05. The van der Waals surface area contributed by atoms with Crippen LogP contribution in [-0.4, -0.2) is 16.7 Å². The van der Waals surface area contributed by atoms with E-state index in [0.717, 1.165) is 0 Å². The van der Waals surface area contributed by atoms with Gasteiger partial charge in [-0.15, -0.1) is 0 Å². The quantitative estimate of drug-likeness (QED) is 0.823. The molecule has 0 saturated heterocycles. The average molecular weight is 253 g/mol. The summed E-state index contributed by atoms with van der Waals surface area (Å²) in [5.41, 5.74) is 1.54. The first-order valence-corrected chi connectivity index (χ1v) is 5.61. The molecule has 0 unspecified atom stereocenters. The number of aromatic nitrogens is 1. The monoisotopic (exact) mass is 253 g/mol. The van der Waals surface area contributed by atoms with Gasteiger partial charge in [-0.05, 0) is 25.1 Å². The number of hydrogen-bond donors (Lipinski definition) is 2. The molecule has 5 heteroatoms. The molecule has 0 spiro atoms. The van der Waals surface area contributed by atoms with E-state index in [0.29, 0.717) is 16.8 Å². The molecular weight excluding hydrogens is 242 g/mol. The van der Waals surface area contributed by atoms with Gasteiger partial charge < -0.3 is 10.3 Å². The summed E-state index contributed by atoms with van der Waals surface area (Å²) in [6, 6.07) is 10.2. The molecule has 0 radical (unpaired) electrons. The Labute approximate surface area is 109 Å². The van der Waals surface area contributed by atoms with E-state index in [1.807, 2.05) is 6.07 Å². The number of nitrogens with one attached hydrogen (secondary N) is 2. The number of nitriles is 1. The molecule has 1 aromatic carbocycles. The Kier molecular flexibility index (Phi) is 3.44. The third kappa shape index (κ3) is 2.69. The highest BCUT2D eigenvalue weighted by Gasteiger charge is 2.12. The molecule has 0 saturated carbocycles. The van der Waals surface area contributed by atoms with Crippen LogP contribution in [-0.2, 0) is 0 Å². The van der Waals surface area contributed by atoms with E-state index in [2.05, 4.69) is 10.3 Å². The minimum Gasteiger partial charge on any atom is -0.356 e. The number of ketones is 1. The fourth-order valence-electron chi connectivity index (χ4n) is 1.61. The summed E-state index contributed by atoms with van der Waals surface area (Å²) in [5.74, 6) is -0.511. The van der Waals surface area contributed by atoms with E-state index < -0.39 is 5.91 Å². The van der Waals surface area contributed by atoms with Crippen LogP contribution in [0, 0.1) is 11.3 Å². The van der Waals surface area contributed by atoms with Crippen molar-refractivity contribution in [1.29, 1.82) is 5.26 Å². The second kappa shape index (κ2) is 5.19. The smallest absolute Gasteiger partial charge is 0.272 e. The molecule has 1 heterocycles. The van der Waals surface area contributed by atoms with Gasteiger partial charge in [0.25, 0.3) is 5.91 Å². The first kappa shape index (κ1) is 12.6. The zero-order chi connectivity index (χ0) is 13.8. The number of carbonyl (C=O) groups excluding carboxylic acids is 2. The van der Waals surface area contributed by atoms with Gasteiger partial charge in [-0.1, -0.05) is 12.1 Å². The van der Waals surface area contributed by atoms with Gasteiger partial charge in [0, 0.05) is 11.8 Å². The fraction of sp³-hybridized carbons (Fsp3) is 0.0714. The highest BCUT2D eigenvalue weighted by Crippen LogP contribution is 2.15. The van der Waals surface area contributed by atoms with Crippen LogP contribution in [0.2, 0.25) is 0 Å². The van der Waals surface area contributed by atoms with Gasteiger partial charge in [0.2, 0.25) is 0 Å². The highest BCUT2D eigenvalue weighted by atomic mass is 16.2. The van der Waals surface area contributed by atoms with Crippen LogP contribution in [0.1, 0.15) is 33.3 Å². The summed E-state index contributed by atoms with van der Waals surface area (Å²) in [5, 5.41) is 11.6. The predicted octanol–water partition coefficient (Wildman–Crippen LogP) is 2.34. The summed E-state index contributed by atoms with van der Waals surface area (Å²) in [4.78, 5) is 25.8. The van der Waals surface area contributed by atoms with Gasteiger partial charge in [-0.3, -0.25) is 9.59 Å². The predicted molar refractivity (Wildman–Crippen MR) is 69.9 cm³/mol. The first-order valence-electron chi connectivity index (χ1n) is 5.61. The van der Waals surface area contributed by atoms with Gasteiger partial charge in [-0.2, -0.15) is 5.26 Å². The summed E-state index contributed by atoms with van der Waals surface area (Å²) in [6.07, 6.45) is 1.48. The molecular formula is C14H11N3O2. The second-order valence-corrected chi connectivity index (χ2v) is 3.97. The van der Waals surface area contributed by atoms with Crippen LogP contribution in [0.5, 0.6) is 0 Å². The maximum atomic E-state index is 12.0. The molecule has 2 aromatic rings. The molecule has 0 fully saturated rings. The van der Waals surface area contributed by atoms with E-state index in [-0.39, 0.29) is 11.5 Å². The number of benzene rings is 1. The standard InChI is InChI=1S/C14H11N3O2/c1-9(18)11-6-13(16-8-11)14(19)17-12-5-3-2-4-10(12)7-15/h2-6,8,16H,1H3,(H,17,19). The van der Waals surface area contributed by atoms with Crippen molar-refractivity contribution >= 4 is 17.4 Å². The summed E-state index contributed by atoms with van der Waals surface area (Å²) in [6.45, 7) is 1.43. The maximum Gasteiger partial charge on any atom is 0.272 e. The lowest BCUT2D eigenvalue weighted by atomic mass is 10.2. The van der Waals surface area contributed by atoms with Crippen molar-refractivity contribution in [3.8, 4) is 6.07 Å². The van der Waals surface area contributed by atoms with Crippen LogP contribution < -0.4 is 5.32 Å². The maximum absolute atomic E-state index is 12.0. The van der Waals surface area contributed by atoms with E-state index in [1.54, 1.807) is 24.3 Å². The number of nitrogens with zero attached hydrogens (tertiary/aromatic N) is 1. The zero-order valence-corrected chi connectivity index (χ0v) is 10.2. The molecule has 0 aliphatic rings. The molecule has 2 N–H and O–H groups in total. The van der Waals surface area contributed by atoms with Crippen LogP contribution in [0.25, 0.3) is 0 Å². The number of hydrogen-bond acceptors (Lipinski definition) is 3. The van der Waals surface area contributed by atoms with Crippen molar-refractivity contribution in [2.75, 3.05) is 5.32 Å². The van der Waals surface area contributed by atoms with Gasteiger partial charge in [-0.25, -0.2) is 0 Å². The lowest BCUT2D eigenvalue weighted by molar-refractivity contribution is 0.101. The van der Waals surface area contributed by atoms with E-state index in [9.17, 15) is 9.59 Å². The number of rotatable bonds is 3. The summed E-state index contributed by atoms with van der Waals surface area (Å²) >= 11 is 0. The Balaban J connectivity index is 2.21. The Morgan fingerprint density at radius 3 is 2.68 bits per heavy atom. The molecule has 1 amide bonds. The molecule has 0 aliphatic heterocycles. The molecule has 0 atom stereocenters. The zero-order valence-electron chi connectivity index (χ0n) is 10.2. The third-order valence-corrected chi connectivity index (χ3v) is 2.63. The second-order valence-electron chi connectivity index (χ2n) is 3.97. The van der Waals surface area contributed by atoms with Crippen LogP contribution >= 0.6 is 0 Å². The molecule has 5 nitrogen and oxygen atoms in total. The number of carbonyl (C=O) groups is 2. The number of amides is 1. The third-order valence-electron chi connectivity index (χ3n) is 2.63. The molecule has 19 heavy (non-hydrogen) atoms. The molecule has 0 aliphatic carbocycles. The SMILES string of the molecule is CC(=O)c1c[nH]c(C(=O)Nc2ccccc2C#N)c1. The van der Waals surface area contributed by atoms with E-state index in [4.69, 9.17) is 5.26 Å². The fourth-order valence-corrected chi connectivity index (χ4v) is 1.61. The van der Waals surface area contributed by atoms with Crippen molar-refractivity contribution in [2.45, 2.75) is 6.92 Å². The Morgan fingerprint density at radius 1 is 1.32 bits per heavy atom. The van der Waals surface area contributed by atoms with Gasteiger partial charge in [0.1, 0.15) is 11.8 Å². The van der Waals surface area contributed by atoms with Crippen molar-refractivity contribution in [3.63, 3.8) is 0 Å². The van der Waals surface area contributed by atoms with Crippen LogP contribution in [0.4, 0.5) is 5.69 Å². The van der Waals surface area contributed by atoms with Gasteiger partial charge >= 0.3 is 0 Å². The van der Waals surface area contributed by atoms with Crippen molar-refractivity contribution in [1.82, 2.24) is 4.98 Å². The van der Waals surface area contributed by atoms with Gasteiger partial charge in [0.05, 0.1) is 11.3 Å². The summed E-state index contributed by atoms with van der Waals surface area (Å²) < 4.78 is 0. The van der Waals surface area contributed by atoms with Gasteiger partial charge in [0.15, 0.2) is 5.78 Å². The van der Waals surface area contributed by atoms with Crippen molar-refractivity contribution < 1.29 is 9.59 Å². The lowest BCUT2D eigenvalue weighted by Crippen LogP contribution is -2.13. The topological polar surface area (TPSA) is 85.8 Å². The summed E-state index contributed by atoms with van der Waals surface area (Å²) in [7, 11) is 0. The van der Waals surface area contributed by atoms with Crippen molar-refractivity contribution in [3.05, 3.63) is 53.3 Å². The number of para-hydroxylation sites is 1. The Morgan fingerprint density at radius 2 is 2.05 bits per heavy atom. The number of anilines is 1. The number of aromatic amines is 1. The lowest BCUT2D eigenvalue weighted by Gasteiger charge is -2.04. The average Bonchev–Trinajstić information content (AvgIpc) is 2.89. The molecule has 0 bridgehead atoms. The number of Topliss-reactive ketones (excluding diaryl/α,β-unsaturated/α-hetero) is 1. The first-order chi connectivity index (χ1) is 9.11. The van der Waals surface area contributed by atoms with E-state index in [1.165, 1.54) is 19.2 Å². The van der Waals surface area contributed by atoms with Crippen LogP contribution in [0.15, 0.2) is 36.5 Å². The van der Waals surface area contributed by atoms with Crippen LogP contribution in [0.3, 0.4) is 0 Å². The largest absolute Gasteiger partial charge is 0.356 e. The Bertz CT molecular complexity index is 680. The molecule has 2 rings (SSSR count). The van der Waals surface area contributed by atoms with E-state index >= 15 is 0 Å².